The molecule has 0 heterocycles. The first kappa shape index (κ1) is 20.9. The predicted octanol–water partition coefficient (Wildman–Crippen LogP) is 0.376. The predicted molar refractivity (Wildman–Crippen MR) is 90.5 cm³/mol. The number of hydrogen-bond acceptors (Lipinski definition) is 4. The number of amides is 1. The average molecular weight is 350 g/mol. The van der Waals surface area contributed by atoms with Crippen LogP contribution >= 0.6 is 12.4 Å². The summed E-state index contributed by atoms with van der Waals surface area (Å²) in [5.74, 6) is -0.262. The zero-order valence-corrected chi connectivity index (χ0v) is 14.5. The van der Waals surface area contributed by atoms with Gasteiger partial charge in [0, 0.05) is 19.6 Å². The molecule has 0 aliphatic heterocycles. The molecule has 0 aliphatic carbocycles. The summed E-state index contributed by atoms with van der Waals surface area (Å²) in [6.07, 6.45) is 1.74. The van der Waals surface area contributed by atoms with Gasteiger partial charge in [0.05, 0.1) is 12.3 Å². The Labute approximate surface area is 138 Å². The van der Waals surface area contributed by atoms with Crippen LogP contribution in [-0.2, 0) is 21.2 Å². The number of benzene rings is 1. The summed E-state index contributed by atoms with van der Waals surface area (Å²) in [4.78, 5) is 13.9. The van der Waals surface area contributed by atoms with Crippen LogP contribution in [-0.4, -0.2) is 51.2 Å². The first-order valence-corrected chi connectivity index (χ1v) is 8.72. The molecule has 6 nitrogen and oxygen atoms in total. The lowest BCUT2D eigenvalue weighted by Crippen LogP contribution is -2.48. The van der Waals surface area contributed by atoms with Crippen LogP contribution in [0.15, 0.2) is 30.3 Å². The Morgan fingerprint density at radius 3 is 2.36 bits per heavy atom. The zero-order chi connectivity index (χ0) is 15.9. The minimum atomic E-state index is -3.41. The van der Waals surface area contributed by atoms with Crippen molar-refractivity contribution in [2.75, 3.05) is 25.9 Å². The van der Waals surface area contributed by atoms with E-state index >= 15 is 0 Å². The Bertz CT molecular complexity index is 552. The van der Waals surface area contributed by atoms with Crippen molar-refractivity contribution >= 4 is 28.3 Å². The van der Waals surface area contributed by atoms with Crippen molar-refractivity contribution in [2.24, 2.45) is 5.73 Å². The van der Waals surface area contributed by atoms with E-state index in [0.29, 0.717) is 26.1 Å². The summed E-state index contributed by atoms with van der Waals surface area (Å²) >= 11 is 0. The number of nitrogens with one attached hydrogen (secondary N) is 1. The van der Waals surface area contributed by atoms with Gasteiger partial charge in [-0.1, -0.05) is 30.3 Å². The van der Waals surface area contributed by atoms with Crippen molar-refractivity contribution in [1.82, 2.24) is 9.62 Å². The molecule has 126 valence electrons. The Morgan fingerprint density at radius 1 is 1.27 bits per heavy atom. The first-order valence-electron chi connectivity index (χ1n) is 6.83. The molecule has 8 heteroatoms. The van der Waals surface area contributed by atoms with Crippen LogP contribution in [0.3, 0.4) is 0 Å². The lowest BCUT2D eigenvalue weighted by Gasteiger charge is -2.25. The fourth-order valence-electron chi connectivity index (χ4n) is 2.04. The Hall–Kier alpha value is -1.15. The molecule has 0 aliphatic rings. The second kappa shape index (κ2) is 9.78. The summed E-state index contributed by atoms with van der Waals surface area (Å²) in [6, 6.07) is 9.01. The SMILES string of the molecule is CC(NS(C)(=O)=O)C(=O)N(CCN)CCc1ccccc1.Cl. The molecule has 1 atom stereocenters. The van der Waals surface area contributed by atoms with E-state index in [1.54, 1.807) is 4.90 Å². The number of carbonyl (C=O) groups excluding carboxylic acids is 1. The second-order valence-electron chi connectivity index (χ2n) is 4.96. The van der Waals surface area contributed by atoms with Crippen LogP contribution in [0.5, 0.6) is 0 Å². The molecule has 1 amide bonds. The van der Waals surface area contributed by atoms with Gasteiger partial charge in [-0.15, -0.1) is 12.4 Å². The van der Waals surface area contributed by atoms with Crippen LogP contribution in [0.1, 0.15) is 12.5 Å². The van der Waals surface area contributed by atoms with Crippen molar-refractivity contribution in [2.45, 2.75) is 19.4 Å². The van der Waals surface area contributed by atoms with Crippen molar-refractivity contribution in [3.05, 3.63) is 35.9 Å². The monoisotopic (exact) mass is 349 g/mol. The van der Waals surface area contributed by atoms with Crippen molar-refractivity contribution in [1.29, 1.82) is 0 Å². The normalized spacial score (nSPS) is 12.3. The van der Waals surface area contributed by atoms with Crippen LogP contribution < -0.4 is 10.5 Å². The third-order valence-corrected chi connectivity index (χ3v) is 3.77. The number of halogens is 1. The fourth-order valence-corrected chi connectivity index (χ4v) is 2.79. The van der Waals surface area contributed by atoms with E-state index in [1.165, 1.54) is 6.92 Å². The highest BCUT2D eigenvalue weighted by molar-refractivity contribution is 7.88. The van der Waals surface area contributed by atoms with Crippen molar-refractivity contribution in [3.63, 3.8) is 0 Å². The Kier molecular flexibility index (Phi) is 9.27. The third kappa shape index (κ3) is 7.74. The van der Waals surface area contributed by atoms with Gasteiger partial charge in [-0.25, -0.2) is 13.1 Å². The van der Waals surface area contributed by atoms with E-state index in [0.717, 1.165) is 11.8 Å². The molecule has 1 unspecified atom stereocenters. The van der Waals surface area contributed by atoms with E-state index < -0.39 is 16.1 Å². The number of rotatable bonds is 8. The third-order valence-electron chi connectivity index (χ3n) is 2.99. The van der Waals surface area contributed by atoms with E-state index in [1.807, 2.05) is 30.3 Å². The highest BCUT2D eigenvalue weighted by Crippen LogP contribution is 2.03. The quantitative estimate of drug-likeness (QED) is 0.709. The molecule has 3 N–H and O–H groups in total. The maximum atomic E-state index is 12.3. The minimum Gasteiger partial charge on any atom is -0.340 e. The summed E-state index contributed by atoms with van der Waals surface area (Å²) in [7, 11) is -3.41. The highest BCUT2D eigenvalue weighted by Gasteiger charge is 2.22. The number of hydrogen-bond donors (Lipinski definition) is 2. The smallest absolute Gasteiger partial charge is 0.240 e. The summed E-state index contributed by atoms with van der Waals surface area (Å²) in [6.45, 7) is 2.79. The van der Waals surface area contributed by atoms with Gasteiger partial charge in [0.25, 0.3) is 0 Å². The molecule has 0 saturated heterocycles. The highest BCUT2D eigenvalue weighted by atomic mass is 35.5. The molecule has 22 heavy (non-hydrogen) atoms. The molecule has 1 rings (SSSR count). The second-order valence-corrected chi connectivity index (χ2v) is 6.74. The molecule has 0 spiro atoms. The van der Waals surface area contributed by atoms with Gasteiger partial charge in [-0.05, 0) is 18.9 Å². The number of carbonyl (C=O) groups is 1. The summed E-state index contributed by atoms with van der Waals surface area (Å²) in [5, 5.41) is 0. The van der Waals surface area contributed by atoms with Gasteiger partial charge in [0.1, 0.15) is 0 Å². The minimum absolute atomic E-state index is 0. The van der Waals surface area contributed by atoms with Crippen LogP contribution in [0, 0.1) is 0 Å². The molecular formula is C14H24ClN3O3S. The fraction of sp³-hybridized carbons (Fsp3) is 0.500. The molecule has 0 fully saturated rings. The van der Waals surface area contributed by atoms with E-state index in [-0.39, 0.29) is 18.3 Å². The molecule has 0 radical (unpaired) electrons. The maximum Gasteiger partial charge on any atom is 0.240 e. The van der Waals surface area contributed by atoms with Gasteiger partial charge in [0.15, 0.2) is 0 Å². The molecule has 0 saturated carbocycles. The molecular weight excluding hydrogens is 326 g/mol. The average Bonchev–Trinajstić information content (AvgIpc) is 2.42. The number of nitrogens with two attached hydrogens (primary N) is 1. The Morgan fingerprint density at radius 2 is 1.86 bits per heavy atom. The lowest BCUT2D eigenvalue weighted by molar-refractivity contribution is -0.132. The molecule has 0 aromatic heterocycles. The van der Waals surface area contributed by atoms with E-state index in [9.17, 15) is 13.2 Å². The largest absolute Gasteiger partial charge is 0.340 e. The maximum absolute atomic E-state index is 12.3. The van der Waals surface area contributed by atoms with Crippen molar-refractivity contribution in [3.8, 4) is 0 Å². The van der Waals surface area contributed by atoms with Gasteiger partial charge < -0.3 is 10.6 Å². The summed E-state index contributed by atoms with van der Waals surface area (Å²) < 4.78 is 24.7. The lowest BCUT2D eigenvalue weighted by atomic mass is 10.1. The topological polar surface area (TPSA) is 92.5 Å². The summed E-state index contributed by atoms with van der Waals surface area (Å²) in [5.41, 5.74) is 6.65. The Balaban J connectivity index is 0.00000441. The molecule has 0 bridgehead atoms. The van der Waals surface area contributed by atoms with Crippen molar-refractivity contribution < 1.29 is 13.2 Å². The standard InChI is InChI=1S/C14H23N3O3S.ClH/c1-12(16-21(2,19)20)14(18)17(11-9-15)10-8-13-6-4-3-5-7-13;/h3-7,12,16H,8-11,15H2,1-2H3;1H. The van der Waals surface area contributed by atoms with Gasteiger partial charge in [0.2, 0.25) is 15.9 Å². The van der Waals surface area contributed by atoms with Crippen LogP contribution in [0.25, 0.3) is 0 Å². The van der Waals surface area contributed by atoms with Gasteiger partial charge in [-0.3, -0.25) is 4.79 Å². The van der Waals surface area contributed by atoms with Crippen LogP contribution in [0.4, 0.5) is 0 Å². The van der Waals surface area contributed by atoms with Crippen LogP contribution in [0.2, 0.25) is 0 Å². The zero-order valence-electron chi connectivity index (χ0n) is 12.9. The van der Waals surface area contributed by atoms with Gasteiger partial charge >= 0.3 is 0 Å². The first-order chi connectivity index (χ1) is 9.83. The molecule has 1 aromatic carbocycles. The number of sulfonamides is 1. The number of nitrogens with zero attached hydrogens (tertiary/aromatic N) is 1. The van der Waals surface area contributed by atoms with E-state index in [4.69, 9.17) is 5.73 Å². The van der Waals surface area contributed by atoms with Gasteiger partial charge in [-0.2, -0.15) is 0 Å². The molecule has 1 aromatic rings. The van der Waals surface area contributed by atoms with E-state index in [2.05, 4.69) is 4.72 Å².